The molecule has 3 aromatic rings. The highest BCUT2D eigenvalue weighted by Gasteiger charge is 2.14. The lowest BCUT2D eigenvalue weighted by atomic mass is 9.87. The first-order valence-electron chi connectivity index (χ1n) is 10.4. The van der Waals surface area contributed by atoms with Gasteiger partial charge in [0.2, 0.25) is 0 Å². The molecule has 2 aromatic heterocycles. The van der Waals surface area contributed by atoms with Gasteiger partial charge < -0.3 is 14.5 Å². The average molecular weight is 444 g/mol. The Bertz CT molecular complexity index is 1030. The summed E-state index contributed by atoms with van der Waals surface area (Å²) in [5.74, 6) is 1.39. The van der Waals surface area contributed by atoms with Crippen LogP contribution in [-0.4, -0.2) is 22.2 Å². The highest BCUT2D eigenvalue weighted by atomic mass is 35.5. The average Bonchev–Trinajstić information content (AvgIpc) is 3.30. The van der Waals surface area contributed by atoms with E-state index >= 15 is 0 Å². The van der Waals surface area contributed by atoms with E-state index in [2.05, 4.69) is 43.3 Å². The molecule has 0 radical (unpaired) electrons. The van der Waals surface area contributed by atoms with Crippen molar-refractivity contribution < 1.29 is 13.9 Å². The van der Waals surface area contributed by atoms with Crippen molar-refractivity contribution in [2.24, 2.45) is 0 Å². The summed E-state index contributed by atoms with van der Waals surface area (Å²) in [5, 5.41) is 7.95. The number of rotatable bonds is 8. The third-order valence-electron chi connectivity index (χ3n) is 5.11. The van der Waals surface area contributed by atoms with Gasteiger partial charge >= 0.3 is 0 Å². The smallest absolute Gasteiger partial charge is 0.286 e. The van der Waals surface area contributed by atoms with Gasteiger partial charge in [0.25, 0.3) is 5.91 Å². The molecule has 0 saturated carbocycles. The molecular formula is C24H30ClN3O3. The molecule has 0 aliphatic rings. The number of halogens is 1. The van der Waals surface area contributed by atoms with Gasteiger partial charge in [-0.2, -0.15) is 5.10 Å². The maximum absolute atomic E-state index is 12.3. The first-order chi connectivity index (χ1) is 14.6. The SMILES string of the molecule is Cc1nn(CCCNC(=O)c2ccc(COc3ccc(C(C)(C)C)cc3)o2)c(C)c1Cl. The topological polar surface area (TPSA) is 69.3 Å². The zero-order valence-corrected chi connectivity index (χ0v) is 19.5. The van der Waals surface area contributed by atoms with Gasteiger partial charge in [0, 0.05) is 13.1 Å². The highest BCUT2D eigenvalue weighted by Crippen LogP contribution is 2.25. The first kappa shape index (κ1) is 22.9. The van der Waals surface area contributed by atoms with Crippen molar-refractivity contribution >= 4 is 17.5 Å². The number of furan rings is 1. The number of amides is 1. The molecule has 1 aromatic carbocycles. The van der Waals surface area contributed by atoms with E-state index in [9.17, 15) is 4.79 Å². The number of aromatic nitrogens is 2. The fraction of sp³-hybridized carbons (Fsp3) is 0.417. The Labute approximate surface area is 188 Å². The standard InChI is InChI=1S/C24H30ClN3O3/c1-16-22(25)17(2)28(27-16)14-6-13-26-23(29)21-12-11-20(31-21)15-30-19-9-7-18(8-10-19)24(3,4)5/h7-12H,6,13-15H2,1-5H3,(H,26,29). The molecule has 31 heavy (non-hydrogen) atoms. The molecule has 1 N–H and O–H groups in total. The summed E-state index contributed by atoms with van der Waals surface area (Å²) in [5.41, 5.74) is 3.11. The van der Waals surface area contributed by atoms with E-state index in [1.54, 1.807) is 12.1 Å². The van der Waals surface area contributed by atoms with Crippen molar-refractivity contribution in [3.05, 3.63) is 69.9 Å². The number of aryl methyl sites for hydroxylation is 2. The predicted octanol–water partition coefficient (Wildman–Crippen LogP) is 5.44. The molecule has 3 rings (SSSR count). The maximum atomic E-state index is 12.3. The Balaban J connectivity index is 1.44. The second-order valence-electron chi connectivity index (χ2n) is 8.65. The van der Waals surface area contributed by atoms with Crippen LogP contribution in [0.4, 0.5) is 0 Å². The van der Waals surface area contributed by atoms with Gasteiger partial charge in [-0.05, 0) is 55.5 Å². The molecule has 0 aliphatic heterocycles. The van der Waals surface area contributed by atoms with Crippen LogP contribution in [0.25, 0.3) is 0 Å². The van der Waals surface area contributed by atoms with Gasteiger partial charge in [0.1, 0.15) is 18.1 Å². The zero-order chi connectivity index (χ0) is 22.6. The number of nitrogens with one attached hydrogen (secondary N) is 1. The molecule has 0 saturated heterocycles. The molecule has 0 aliphatic carbocycles. The molecule has 2 heterocycles. The van der Waals surface area contributed by atoms with Crippen LogP contribution in [0.1, 0.15) is 60.5 Å². The number of hydrogen-bond donors (Lipinski definition) is 1. The van der Waals surface area contributed by atoms with E-state index in [0.29, 0.717) is 23.9 Å². The van der Waals surface area contributed by atoms with Gasteiger partial charge in [-0.25, -0.2) is 0 Å². The number of nitrogens with zero attached hydrogens (tertiary/aromatic N) is 2. The summed E-state index contributed by atoms with van der Waals surface area (Å²) in [6.07, 6.45) is 0.741. The molecule has 0 unspecified atom stereocenters. The van der Waals surface area contributed by atoms with Crippen LogP contribution in [0.15, 0.2) is 40.8 Å². The normalized spacial score (nSPS) is 11.5. The second-order valence-corrected chi connectivity index (χ2v) is 9.02. The van der Waals surface area contributed by atoms with Crippen molar-refractivity contribution in [3.8, 4) is 5.75 Å². The van der Waals surface area contributed by atoms with Crippen LogP contribution in [0, 0.1) is 13.8 Å². The van der Waals surface area contributed by atoms with Crippen LogP contribution in [0.2, 0.25) is 5.02 Å². The Morgan fingerprint density at radius 3 is 2.48 bits per heavy atom. The van der Waals surface area contributed by atoms with Crippen LogP contribution >= 0.6 is 11.6 Å². The minimum atomic E-state index is -0.243. The summed E-state index contributed by atoms with van der Waals surface area (Å²) >= 11 is 6.16. The zero-order valence-electron chi connectivity index (χ0n) is 18.8. The Kier molecular flexibility index (Phi) is 7.11. The predicted molar refractivity (Wildman–Crippen MR) is 122 cm³/mol. The summed E-state index contributed by atoms with van der Waals surface area (Å²) < 4.78 is 13.3. The van der Waals surface area contributed by atoms with Crippen LogP contribution in [-0.2, 0) is 18.6 Å². The third-order valence-corrected chi connectivity index (χ3v) is 5.66. The Morgan fingerprint density at radius 1 is 1.16 bits per heavy atom. The Morgan fingerprint density at radius 2 is 1.87 bits per heavy atom. The van der Waals surface area contributed by atoms with Crippen LogP contribution in [0.5, 0.6) is 5.75 Å². The largest absolute Gasteiger partial charge is 0.486 e. The molecule has 6 nitrogen and oxygen atoms in total. The minimum absolute atomic E-state index is 0.102. The van der Waals surface area contributed by atoms with E-state index in [4.69, 9.17) is 20.8 Å². The van der Waals surface area contributed by atoms with E-state index in [0.717, 1.165) is 23.6 Å². The van der Waals surface area contributed by atoms with Gasteiger partial charge in [-0.1, -0.05) is 44.5 Å². The first-order valence-corrected chi connectivity index (χ1v) is 10.8. The number of hydrogen-bond acceptors (Lipinski definition) is 4. The summed E-state index contributed by atoms with van der Waals surface area (Å²) in [4.78, 5) is 12.3. The number of ether oxygens (including phenoxy) is 1. The van der Waals surface area contributed by atoms with E-state index in [-0.39, 0.29) is 23.7 Å². The van der Waals surface area contributed by atoms with E-state index < -0.39 is 0 Å². The maximum Gasteiger partial charge on any atom is 0.286 e. The fourth-order valence-electron chi connectivity index (χ4n) is 3.19. The summed E-state index contributed by atoms with van der Waals surface area (Å²) in [6.45, 7) is 11.8. The molecule has 166 valence electrons. The van der Waals surface area contributed by atoms with E-state index in [1.165, 1.54) is 5.56 Å². The van der Waals surface area contributed by atoms with Crippen molar-refractivity contribution in [2.45, 2.75) is 59.6 Å². The molecule has 7 heteroatoms. The van der Waals surface area contributed by atoms with Crippen molar-refractivity contribution in [1.82, 2.24) is 15.1 Å². The minimum Gasteiger partial charge on any atom is -0.486 e. The highest BCUT2D eigenvalue weighted by molar-refractivity contribution is 6.31. The molecule has 1 amide bonds. The van der Waals surface area contributed by atoms with Crippen molar-refractivity contribution in [2.75, 3.05) is 6.54 Å². The summed E-state index contributed by atoms with van der Waals surface area (Å²) in [7, 11) is 0. The van der Waals surface area contributed by atoms with Gasteiger partial charge in [-0.15, -0.1) is 0 Å². The summed E-state index contributed by atoms with van der Waals surface area (Å²) in [6, 6.07) is 11.5. The molecule has 0 spiro atoms. The quantitative estimate of drug-likeness (QED) is 0.470. The third kappa shape index (κ3) is 5.91. The van der Waals surface area contributed by atoms with Crippen molar-refractivity contribution in [3.63, 3.8) is 0 Å². The fourth-order valence-corrected chi connectivity index (χ4v) is 3.33. The van der Waals surface area contributed by atoms with Gasteiger partial charge in [0.15, 0.2) is 5.76 Å². The lowest BCUT2D eigenvalue weighted by Crippen LogP contribution is -2.25. The van der Waals surface area contributed by atoms with Crippen molar-refractivity contribution in [1.29, 1.82) is 0 Å². The lowest BCUT2D eigenvalue weighted by molar-refractivity contribution is 0.0920. The van der Waals surface area contributed by atoms with Crippen LogP contribution < -0.4 is 10.1 Å². The number of carbonyl (C=O) groups is 1. The van der Waals surface area contributed by atoms with E-state index in [1.807, 2.05) is 30.7 Å². The number of benzene rings is 1. The molecule has 0 atom stereocenters. The van der Waals surface area contributed by atoms with Gasteiger partial charge in [-0.3, -0.25) is 9.48 Å². The monoisotopic (exact) mass is 443 g/mol. The van der Waals surface area contributed by atoms with Crippen LogP contribution in [0.3, 0.4) is 0 Å². The molecule has 0 bridgehead atoms. The number of carbonyl (C=O) groups excluding carboxylic acids is 1. The second kappa shape index (κ2) is 9.60. The Hall–Kier alpha value is -2.73. The van der Waals surface area contributed by atoms with Gasteiger partial charge in [0.05, 0.1) is 16.4 Å². The molecule has 0 fully saturated rings. The lowest BCUT2D eigenvalue weighted by Gasteiger charge is -2.19. The molecular weight excluding hydrogens is 414 g/mol.